The molecule has 0 saturated heterocycles. The zero-order chi connectivity index (χ0) is 17.7. The lowest BCUT2D eigenvalue weighted by atomic mass is 10.00. The van der Waals surface area contributed by atoms with Gasteiger partial charge in [0.05, 0.1) is 12.1 Å². The first-order valence-electron chi connectivity index (χ1n) is 8.30. The smallest absolute Gasteiger partial charge is 0.226 e. The van der Waals surface area contributed by atoms with Crippen molar-refractivity contribution in [1.29, 1.82) is 0 Å². The van der Waals surface area contributed by atoms with E-state index in [1.54, 1.807) is 11.3 Å². The zero-order valence-electron chi connectivity index (χ0n) is 15.1. The van der Waals surface area contributed by atoms with Gasteiger partial charge in [0.25, 0.3) is 0 Å². The Morgan fingerprint density at radius 1 is 1.29 bits per heavy atom. The molecule has 1 aromatic heterocycles. The molecule has 0 saturated carbocycles. The molecule has 1 amide bonds. The molecule has 0 aliphatic heterocycles. The minimum Gasteiger partial charge on any atom is -0.372 e. The van der Waals surface area contributed by atoms with Crippen molar-refractivity contribution in [3.63, 3.8) is 0 Å². The largest absolute Gasteiger partial charge is 0.372 e. The summed E-state index contributed by atoms with van der Waals surface area (Å²) >= 11 is 1.54. The normalized spacial score (nSPS) is 12.2. The number of hydrogen-bond donors (Lipinski definition) is 1. The lowest BCUT2D eigenvalue weighted by Gasteiger charge is -2.12. The van der Waals surface area contributed by atoms with Crippen LogP contribution in [-0.4, -0.2) is 17.5 Å². The van der Waals surface area contributed by atoms with Gasteiger partial charge in [0.1, 0.15) is 11.1 Å². The first-order chi connectivity index (χ1) is 11.4. The maximum atomic E-state index is 12.2. The molecule has 2 rings (SSSR count). The maximum Gasteiger partial charge on any atom is 0.226 e. The lowest BCUT2D eigenvalue weighted by Crippen LogP contribution is -2.25. The van der Waals surface area contributed by atoms with E-state index in [2.05, 4.69) is 43.2 Å². The Kier molecular flexibility index (Phi) is 6.52. The topological polar surface area (TPSA) is 51.2 Å². The minimum absolute atomic E-state index is 0.00436. The van der Waals surface area contributed by atoms with E-state index in [0.29, 0.717) is 19.6 Å². The molecule has 0 spiro atoms. The number of nitrogens with one attached hydrogen (secondary N) is 1. The molecule has 1 aromatic carbocycles. The first-order valence-corrected chi connectivity index (χ1v) is 9.18. The number of aryl methyl sites for hydroxylation is 3. The number of amides is 1. The van der Waals surface area contributed by atoms with E-state index in [1.165, 1.54) is 22.3 Å². The molecule has 1 atom stereocenters. The third-order valence-electron chi connectivity index (χ3n) is 3.98. The number of carbonyl (C=O) groups is 1. The van der Waals surface area contributed by atoms with Crippen LogP contribution in [-0.2, 0) is 22.5 Å². The zero-order valence-corrected chi connectivity index (χ0v) is 15.9. The number of ether oxygens (including phenoxy) is 1. The van der Waals surface area contributed by atoms with E-state index < -0.39 is 0 Å². The van der Waals surface area contributed by atoms with Gasteiger partial charge >= 0.3 is 0 Å². The first kappa shape index (κ1) is 18.6. The van der Waals surface area contributed by atoms with Crippen LogP contribution in [0.5, 0.6) is 0 Å². The number of nitrogens with zero attached hydrogens (tertiary/aromatic N) is 1. The predicted molar refractivity (Wildman–Crippen MR) is 98.4 cm³/mol. The molecule has 1 N–H and O–H groups in total. The highest BCUT2D eigenvalue weighted by Gasteiger charge is 2.13. The van der Waals surface area contributed by atoms with Crippen LogP contribution in [0.25, 0.3) is 0 Å². The Labute approximate surface area is 148 Å². The number of rotatable bonds is 7. The van der Waals surface area contributed by atoms with Gasteiger partial charge in [-0.15, -0.1) is 11.3 Å². The summed E-state index contributed by atoms with van der Waals surface area (Å²) in [4.78, 5) is 16.7. The van der Waals surface area contributed by atoms with Gasteiger partial charge < -0.3 is 10.1 Å². The van der Waals surface area contributed by atoms with Gasteiger partial charge in [-0.05, 0) is 51.3 Å². The molecule has 5 heteroatoms. The van der Waals surface area contributed by atoms with Gasteiger partial charge in [-0.25, -0.2) is 4.98 Å². The monoisotopic (exact) mass is 346 g/mol. The Morgan fingerprint density at radius 2 is 1.96 bits per heavy atom. The number of benzene rings is 1. The van der Waals surface area contributed by atoms with E-state index in [4.69, 9.17) is 4.74 Å². The average molecular weight is 346 g/mol. The Morgan fingerprint density at radius 3 is 2.58 bits per heavy atom. The molecule has 2 aromatic rings. The van der Waals surface area contributed by atoms with Crippen LogP contribution in [0.2, 0.25) is 0 Å². The van der Waals surface area contributed by atoms with Gasteiger partial charge in [0.2, 0.25) is 5.91 Å². The summed E-state index contributed by atoms with van der Waals surface area (Å²) in [5.74, 6) is -0.00436. The summed E-state index contributed by atoms with van der Waals surface area (Å²) in [5, 5.41) is 5.87. The molecule has 1 unspecified atom stereocenters. The highest BCUT2D eigenvalue weighted by Crippen LogP contribution is 2.21. The second kappa shape index (κ2) is 8.40. The third-order valence-corrected chi connectivity index (χ3v) is 5.03. The van der Waals surface area contributed by atoms with Crippen LogP contribution < -0.4 is 5.32 Å². The van der Waals surface area contributed by atoms with Crippen LogP contribution in [0.3, 0.4) is 0 Å². The van der Waals surface area contributed by atoms with Crippen molar-refractivity contribution in [2.24, 2.45) is 0 Å². The van der Waals surface area contributed by atoms with Crippen LogP contribution in [0.4, 0.5) is 0 Å². The van der Waals surface area contributed by atoms with Crippen molar-refractivity contribution in [1.82, 2.24) is 10.3 Å². The fourth-order valence-electron chi connectivity index (χ4n) is 2.81. The van der Waals surface area contributed by atoms with Crippen molar-refractivity contribution in [2.75, 3.05) is 6.61 Å². The number of thiazole rings is 1. The Hall–Kier alpha value is -1.72. The molecule has 0 radical (unpaired) electrons. The molecule has 4 nitrogen and oxygen atoms in total. The molecule has 24 heavy (non-hydrogen) atoms. The molecule has 0 fully saturated rings. The molecule has 0 bridgehead atoms. The second-order valence-electron chi connectivity index (χ2n) is 6.11. The Balaban J connectivity index is 1.92. The third kappa shape index (κ3) is 4.89. The maximum absolute atomic E-state index is 12.2. The average Bonchev–Trinajstić information content (AvgIpc) is 2.95. The van der Waals surface area contributed by atoms with E-state index in [-0.39, 0.29) is 12.0 Å². The van der Waals surface area contributed by atoms with Crippen molar-refractivity contribution in [3.8, 4) is 0 Å². The summed E-state index contributed by atoms with van der Waals surface area (Å²) in [7, 11) is 0. The van der Waals surface area contributed by atoms with Crippen LogP contribution in [0.15, 0.2) is 17.5 Å². The van der Waals surface area contributed by atoms with E-state index in [0.717, 1.165) is 10.7 Å². The quantitative estimate of drug-likeness (QED) is 0.823. The molecule has 0 aliphatic carbocycles. The van der Waals surface area contributed by atoms with Crippen molar-refractivity contribution in [3.05, 3.63) is 50.5 Å². The lowest BCUT2D eigenvalue weighted by molar-refractivity contribution is -0.120. The fourth-order valence-corrected chi connectivity index (χ4v) is 3.64. The van der Waals surface area contributed by atoms with Gasteiger partial charge in [0, 0.05) is 18.5 Å². The molecule has 0 aliphatic rings. The molecule has 1 heterocycles. The summed E-state index contributed by atoms with van der Waals surface area (Å²) in [6, 6.07) is 4.30. The number of hydrogen-bond acceptors (Lipinski definition) is 4. The highest BCUT2D eigenvalue weighted by molar-refractivity contribution is 7.09. The SMILES string of the molecule is CCOC(C)c1nc(CC(=O)NCc2c(C)cc(C)cc2C)cs1. The summed E-state index contributed by atoms with van der Waals surface area (Å²) in [6.45, 7) is 11.4. The van der Waals surface area contributed by atoms with Gasteiger partial charge in [-0.2, -0.15) is 0 Å². The van der Waals surface area contributed by atoms with Gasteiger partial charge in [0.15, 0.2) is 0 Å². The van der Waals surface area contributed by atoms with Crippen LogP contribution >= 0.6 is 11.3 Å². The summed E-state index contributed by atoms with van der Waals surface area (Å²) < 4.78 is 5.53. The fraction of sp³-hybridized carbons (Fsp3) is 0.474. The summed E-state index contributed by atoms with van der Waals surface area (Å²) in [6.07, 6.45) is 0.286. The van der Waals surface area contributed by atoms with E-state index >= 15 is 0 Å². The van der Waals surface area contributed by atoms with Crippen molar-refractivity contribution in [2.45, 2.75) is 53.7 Å². The number of carbonyl (C=O) groups excluding carboxylic acids is 1. The second-order valence-corrected chi connectivity index (χ2v) is 7.00. The number of aromatic nitrogens is 1. The molecular weight excluding hydrogens is 320 g/mol. The van der Waals surface area contributed by atoms with Crippen LogP contribution in [0, 0.1) is 20.8 Å². The Bertz CT molecular complexity index is 686. The van der Waals surface area contributed by atoms with E-state index in [9.17, 15) is 4.79 Å². The van der Waals surface area contributed by atoms with Gasteiger partial charge in [-0.3, -0.25) is 4.79 Å². The van der Waals surface area contributed by atoms with E-state index in [1.807, 2.05) is 19.2 Å². The molecular formula is C19H26N2O2S. The standard InChI is InChI=1S/C19H26N2O2S/c1-6-23-15(5)19-21-16(11-24-19)9-18(22)20-10-17-13(3)7-12(2)8-14(17)4/h7-8,11,15H,6,9-10H2,1-5H3,(H,20,22). The molecule has 130 valence electrons. The van der Waals surface area contributed by atoms with Crippen molar-refractivity contribution >= 4 is 17.2 Å². The predicted octanol–water partition coefficient (Wildman–Crippen LogP) is 4.02. The summed E-state index contributed by atoms with van der Waals surface area (Å²) in [5.41, 5.74) is 5.68. The van der Waals surface area contributed by atoms with Crippen molar-refractivity contribution < 1.29 is 9.53 Å². The van der Waals surface area contributed by atoms with Crippen LogP contribution in [0.1, 0.15) is 52.9 Å². The minimum atomic E-state index is -0.0188. The van der Waals surface area contributed by atoms with Gasteiger partial charge in [-0.1, -0.05) is 17.7 Å². The highest BCUT2D eigenvalue weighted by atomic mass is 32.1.